The number of anilines is 3. The number of esters is 1. The van der Waals surface area contributed by atoms with Crippen molar-refractivity contribution in [3.05, 3.63) is 23.8 Å². The molecule has 6 atom stereocenters. The number of rotatable bonds is 27. The van der Waals surface area contributed by atoms with Gasteiger partial charge in [-0.15, -0.1) is 16.6 Å². The second-order valence-electron chi connectivity index (χ2n) is 18.1. The van der Waals surface area contributed by atoms with Gasteiger partial charge in [0.1, 0.15) is 31.0 Å². The fourth-order valence-electron chi connectivity index (χ4n) is 7.98. The number of nitrogens with one attached hydrogen (secondary N) is 1. The smallest absolute Gasteiger partial charge is 0.457 e. The van der Waals surface area contributed by atoms with Crippen LogP contribution in [0.15, 0.2) is 12.4 Å². The molecule has 0 bridgehead atoms. The van der Waals surface area contributed by atoms with E-state index in [1.807, 2.05) is 42.4 Å². The van der Waals surface area contributed by atoms with Gasteiger partial charge in [0.2, 0.25) is 29.7 Å². The number of carbonyl (C=O) groups excluding carboxylic acids is 3. The molecule has 3 aromatic rings. The van der Waals surface area contributed by atoms with Crippen molar-refractivity contribution in [1.82, 2.24) is 54.7 Å². The summed E-state index contributed by atoms with van der Waals surface area (Å²) in [5.41, 5.74) is 13.1. The van der Waals surface area contributed by atoms with Gasteiger partial charge >= 0.3 is 12.1 Å². The van der Waals surface area contributed by atoms with Crippen LogP contribution in [0, 0.1) is 30.1 Å². The highest BCUT2D eigenvalue weighted by atomic mass is 19.4. The molecule has 3 aromatic heterocycles. The van der Waals surface area contributed by atoms with E-state index in [0.29, 0.717) is 128 Å². The van der Waals surface area contributed by atoms with Gasteiger partial charge in [-0.2, -0.15) is 28.1 Å². The quantitative estimate of drug-likeness (QED) is 0.0561. The predicted octanol–water partition coefficient (Wildman–Crippen LogP) is 2.17. The summed E-state index contributed by atoms with van der Waals surface area (Å²) in [7, 11) is 0. The fourth-order valence-corrected chi connectivity index (χ4v) is 7.98. The van der Waals surface area contributed by atoms with E-state index in [1.165, 1.54) is 10.9 Å². The van der Waals surface area contributed by atoms with Crippen LogP contribution in [0.5, 0.6) is 0 Å². The van der Waals surface area contributed by atoms with E-state index in [2.05, 4.69) is 50.4 Å². The summed E-state index contributed by atoms with van der Waals surface area (Å²) >= 11 is 0. The van der Waals surface area contributed by atoms with Crippen LogP contribution in [-0.4, -0.2) is 184 Å². The SMILES string of the molecule is C#CCOCCOCCOCCNc1nc(N2CCN(C(=O)C([C@@H](C)CC)n3cc(C(N)COC(=O)C(F)(F)F)nn3)CC2)nc(N2CCN(C(=O)C([C@@H](C)CC)n3cc(C(N)CC(C)C)nn3)CC2)n1. The maximum atomic E-state index is 14.3. The molecule has 0 saturated carbocycles. The van der Waals surface area contributed by atoms with Gasteiger partial charge in [0, 0.05) is 58.9 Å². The topological polar surface area (TPSA) is 265 Å². The van der Waals surface area contributed by atoms with Gasteiger partial charge in [0.15, 0.2) is 0 Å². The van der Waals surface area contributed by atoms with E-state index >= 15 is 0 Å². The molecule has 0 spiro atoms. The Kier molecular flexibility index (Phi) is 21.5. The van der Waals surface area contributed by atoms with Crippen molar-refractivity contribution in [2.24, 2.45) is 29.2 Å². The number of halogens is 3. The zero-order chi connectivity index (χ0) is 51.7. The lowest BCUT2D eigenvalue weighted by atomic mass is 9.97. The number of amides is 2. The number of nitrogens with two attached hydrogens (primary N) is 2. The summed E-state index contributed by atoms with van der Waals surface area (Å²) in [6.07, 6.45) is 5.33. The molecule has 2 saturated heterocycles. The van der Waals surface area contributed by atoms with E-state index < -0.39 is 36.9 Å². The average Bonchev–Trinajstić information content (AvgIpc) is 4.06. The molecule has 0 aromatic carbocycles. The van der Waals surface area contributed by atoms with Crippen molar-refractivity contribution in [3.63, 3.8) is 0 Å². The third kappa shape index (κ3) is 16.1. The summed E-state index contributed by atoms with van der Waals surface area (Å²) in [5, 5.41) is 20.1. The molecule has 394 valence electrons. The Morgan fingerprint density at radius 3 is 1.63 bits per heavy atom. The van der Waals surface area contributed by atoms with Gasteiger partial charge in [0.05, 0.1) is 63.2 Å². The zero-order valence-electron chi connectivity index (χ0n) is 41.7. The van der Waals surface area contributed by atoms with Gasteiger partial charge in [-0.3, -0.25) is 9.59 Å². The maximum Gasteiger partial charge on any atom is 0.490 e. The third-order valence-electron chi connectivity index (χ3n) is 12.4. The summed E-state index contributed by atoms with van der Waals surface area (Å²) in [5.74, 6) is 1.07. The second-order valence-corrected chi connectivity index (χ2v) is 18.1. The Balaban J connectivity index is 1.26. The molecule has 23 nitrogen and oxygen atoms in total. The Labute approximate surface area is 412 Å². The van der Waals surface area contributed by atoms with Crippen LogP contribution in [0.1, 0.15) is 96.4 Å². The highest BCUT2D eigenvalue weighted by Crippen LogP contribution is 2.29. The lowest BCUT2D eigenvalue weighted by Gasteiger charge is -2.38. The number of carbonyl (C=O) groups is 3. The van der Waals surface area contributed by atoms with E-state index in [9.17, 15) is 27.6 Å². The number of hydrogen-bond acceptors (Lipinski definition) is 19. The predicted molar refractivity (Wildman–Crippen MR) is 255 cm³/mol. The normalized spacial score (nSPS) is 17.1. The third-order valence-corrected chi connectivity index (χ3v) is 12.4. The first kappa shape index (κ1) is 56.2. The van der Waals surface area contributed by atoms with Crippen molar-refractivity contribution in [1.29, 1.82) is 0 Å². The monoisotopic (exact) mass is 1000 g/mol. The molecule has 2 aliphatic rings. The van der Waals surface area contributed by atoms with Gasteiger partial charge in [-0.05, 0) is 24.2 Å². The standard InChI is InChI=1S/C45H71F3N16O7/c1-8-20-68-22-24-70-25-23-69-21-11-51-42-52-43(61-16-12-59(13-17-61)39(65)37(31(6)9-2)63-27-35(55-57-63)33(49)26-30(4)5)54-44(53-42)62-18-14-60(15-19-62)40(66)38(32(7)10-3)64-28-36(56-58-64)34(50)29-71-41(67)45(46,47)48/h1,27-28,30-34,37-38H,9-26,29,49-50H2,2-7H3,(H,51,52,53,54)/t31-,32-,33?,34?,37?,38?/m0/s1. The van der Waals surface area contributed by atoms with E-state index in [4.69, 9.17) is 47.1 Å². The lowest BCUT2D eigenvalue weighted by molar-refractivity contribution is -0.200. The first-order valence-corrected chi connectivity index (χ1v) is 24.3. The van der Waals surface area contributed by atoms with Crippen LogP contribution in [0.3, 0.4) is 0 Å². The van der Waals surface area contributed by atoms with E-state index in [-0.39, 0.29) is 42.0 Å². The first-order chi connectivity index (χ1) is 33.9. The summed E-state index contributed by atoms with van der Waals surface area (Å²) in [6, 6.07) is -2.83. The molecular formula is C45H71F3N16O7. The molecule has 4 unspecified atom stereocenters. The van der Waals surface area contributed by atoms with Crippen LogP contribution in [0.25, 0.3) is 0 Å². The van der Waals surface area contributed by atoms with Crippen molar-refractivity contribution in [3.8, 4) is 12.3 Å². The van der Waals surface area contributed by atoms with Crippen LogP contribution >= 0.6 is 0 Å². The molecule has 26 heteroatoms. The van der Waals surface area contributed by atoms with Gasteiger partial charge in [-0.25, -0.2) is 14.2 Å². The molecule has 2 aliphatic heterocycles. The van der Waals surface area contributed by atoms with E-state index in [1.54, 1.807) is 15.8 Å². The highest BCUT2D eigenvalue weighted by Gasteiger charge is 2.41. The molecule has 71 heavy (non-hydrogen) atoms. The molecule has 5 heterocycles. The molecule has 2 fully saturated rings. The minimum absolute atomic E-state index is 0.0146. The number of alkyl halides is 3. The maximum absolute atomic E-state index is 14.3. The fraction of sp³-hybridized carbons (Fsp3) is 0.733. The Morgan fingerprint density at radius 2 is 1.18 bits per heavy atom. The number of nitrogens with zero attached hydrogens (tertiary/aromatic N) is 13. The Bertz CT molecular complexity index is 2170. The number of piperazine rings is 2. The Hall–Kier alpha value is -5.75. The Morgan fingerprint density at radius 1 is 0.718 bits per heavy atom. The zero-order valence-corrected chi connectivity index (χ0v) is 41.7. The van der Waals surface area contributed by atoms with Crippen molar-refractivity contribution >= 4 is 35.6 Å². The molecule has 2 amide bonds. The van der Waals surface area contributed by atoms with Gasteiger partial charge < -0.3 is 55.3 Å². The molecule has 5 rings (SSSR count). The van der Waals surface area contributed by atoms with Crippen LogP contribution < -0.4 is 26.6 Å². The number of hydrogen-bond donors (Lipinski definition) is 3. The minimum atomic E-state index is -5.17. The van der Waals surface area contributed by atoms with Gasteiger partial charge in [0.25, 0.3) is 0 Å². The minimum Gasteiger partial charge on any atom is -0.457 e. The average molecular weight is 1010 g/mol. The summed E-state index contributed by atoms with van der Waals surface area (Å²) < 4.78 is 61.9. The molecule has 5 N–H and O–H groups in total. The largest absolute Gasteiger partial charge is 0.490 e. The van der Waals surface area contributed by atoms with Crippen LogP contribution in [-0.2, 0) is 33.3 Å². The highest BCUT2D eigenvalue weighted by molar-refractivity contribution is 5.81. The molecular weight excluding hydrogens is 934 g/mol. The summed E-state index contributed by atoms with van der Waals surface area (Å²) in [4.78, 5) is 61.8. The van der Waals surface area contributed by atoms with Crippen LogP contribution in [0.4, 0.5) is 31.0 Å². The van der Waals surface area contributed by atoms with Gasteiger partial charge in [-0.1, -0.05) is 70.7 Å². The van der Waals surface area contributed by atoms with E-state index in [0.717, 1.165) is 12.8 Å². The first-order valence-electron chi connectivity index (χ1n) is 24.3. The number of ether oxygens (including phenoxy) is 4. The van der Waals surface area contributed by atoms with Crippen molar-refractivity contribution in [2.75, 3.05) is 120 Å². The molecule has 0 radical (unpaired) electrons. The second kappa shape index (κ2) is 27.2. The lowest BCUT2D eigenvalue weighted by Crippen LogP contribution is -2.52. The number of aromatic nitrogens is 9. The number of terminal acetylenes is 1. The van der Waals surface area contributed by atoms with Crippen molar-refractivity contribution in [2.45, 2.75) is 91.1 Å². The van der Waals surface area contributed by atoms with Crippen molar-refractivity contribution < 1.29 is 46.5 Å². The molecule has 0 aliphatic carbocycles. The van der Waals surface area contributed by atoms with Crippen LogP contribution in [0.2, 0.25) is 0 Å². The summed E-state index contributed by atoms with van der Waals surface area (Å²) in [6.45, 7) is 16.9.